The molecule has 2 unspecified atom stereocenters. The normalized spacial score (nSPS) is 31.9. The van der Waals surface area contributed by atoms with Crippen molar-refractivity contribution in [3.05, 3.63) is 64.4 Å². The van der Waals surface area contributed by atoms with Gasteiger partial charge in [0.05, 0.1) is 5.92 Å². The highest BCUT2D eigenvalue weighted by Gasteiger charge is 2.53. The highest BCUT2D eigenvalue weighted by molar-refractivity contribution is 6.29. The van der Waals surface area contributed by atoms with Gasteiger partial charge < -0.3 is 10.2 Å². The summed E-state index contributed by atoms with van der Waals surface area (Å²) in [6.07, 6.45) is 9.14. The van der Waals surface area contributed by atoms with Crippen LogP contribution in [0.25, 0.3) is 0 Å². The van der Waals surface area contributed by atoms with Gasteiger partial charge in [-0.15, -0.1) is 0 Å². The third-order valence-electron chi connectivity index (χ3n) is 9.16. The average Bonchev–Trinajstić information content (AvgIpc) is 3.22. The first kappa shape index (κ1) is 21.6. The molecule has 2 saturated heterocycles. The van der Waals surface area contributed by atoms with E-state index in [0.717, 1.165) is 57.4 Å². The number of halogens is 1. The van der Waals surface area contributed by atoms with Crippen molar-refractivity contribution < 1.29 is 4.79 Å². The Morgan fingerprint density at radius 1 is 1.09 bits per heavy atom. The van der Waals surface area contributed by atoms with Gasteiger partial charge in [-0.3, -0.25) is 4.79 Å². The Labute approximate surface area is 202 Å². The van der Waals surface area contributed by atoms with Crippen LogP contribution in [-0.4, -0.2) is 41.5 Å². The number of aromatic nitrogens is 1. The van der Waals surface area contributed by atoms with Crippen molar-refractivity contribution >= 4 is 17.5 Å². The van der Waals surface area contributed by atoms with Crippen molar-refractivity contribution in [3.63, 3.8) is 0 Å². The van der Waals surface area contributed by atoms with Crippen LogP contribution in [-0.2, 0) is 16.6 Å². The van der Waals surface area contributed by atoms with E-state index < -0.39 is 0 Å². The van der Waals surface area contributed by atoms with Crippen LogP contribution in [0, 0.1) is 11.8 Å². The highest BCUT2D eigenvalue weighted by Crippen LogP contribution is 2.48. The Bertz CT molecular complexity index is 1020. The van der Waals surface area contributed by atoms with E-state index in [0.29, 0.717) is 28.9 Å². The van der Waals surface area contributed by atoms with Crippen LogP contribution in [0.5, 0.6) is 0 Å². The Kier molecular flexibility index (Phi) is 5.70. The molecule has 2 aromatic rings. The predicted octanol–water partition coefficient (Wildman–Crippen LogP) is 5.10. The van der Waals surface area contributed by atoms with E-state index in [-0.39, 0.29) is 11.3 Å². The number of fused-ring (bicyclic) bond motifs is 2. The van der Waals surface area contributed by atoms with E-state index in [1.165, 1.54) is 30.4 Å². The van der Waals surface area contributed by atoms with E-state index in [9.17, 15) is 4.79 Å². The molecule has 1 aromatic heterocycles. The van der Waals surface area contributed by atoms with Crippen LogP contribution in [0.2, 0.25) is 5.15 Å². The predicted molar refractivity (Wildman–Crippen MR) is 131 cm³/mol. The quantitative estimate of drug-likeness (QED) is 0.644. The van der Waals surface area contributed by atoms with Crippen molar-refractivity contribution in [2.75, 3.05) is 19.6 Å². The summed E-state index contributed by atoms with van der Waals surface area (Å²) < 4.78 is 0. The molecule has 4 atom stereocenters. The topological polar surface area (TPSA) is 45.2 Å². The molecule has 4 nitrogen and oxygen atoms in total. The summed E-state index contributed by atoms with van der Waals surface area (Å²) in [4.78, 5) is 21.3. The second-order valence-corrected chi connectivity index (χ2v) is 11.1. The maximum absolute atomic E-state index is 14.3. The molecule has 33 heavy (non-hydrogen) atoms. The van der Waals surface area contributed by atoms with E-state index >= 15 is 0 Å². The third-order valence-corrected chi connectivity index (χ3v) is 9.37. The number of pyridine rings is 1. The number of benzene rings is 1. The van der Waals surface area contributed by atoms with Gasteiger partial charge in [0.2, 0.25) is 5.91 Å². The molecule has 3 heterocycles. The summed E-state index contributed by atoms with van der Waals surface area (Å²) in [5.74, 6) is 1.62. The Morgan fingerprint density at radius 2 is 1.94 bits per heavy atom. The minimum absolute atomic E-state index is 0.00428. The van der Waals surface area contributed by atoms with Gasteiger partial charge in [0.25, 0.3) is 0 Å². The molecule has 1 N–H and O–H groups in total. The van der Waals surface area contributed by atoms with Crippen LogP contribution in [0.4, 0.5) is 0 Å². The van der Waals surface area contributed by atoms with Crippen molar-refractivity contribution in [2.24, 2.45) is 11.8 Å². The fourth-order valence-corrected chi connectivity index (χ4v) is 7.39. The molecule has 174 valence electrons. The smallest absolute Gasteiger partial charge is 0.228 e. The first-order valence-corrected chi connectivity index (χ1v) is 13.3. The average molecular weight is 464 g/mol. The number of likely N-dealkylation sites (tertiary alicyclic amines) is 1. The molecule has 1 saturated carbocycles. The van der Waals surface area contributed by atoms with Gasteiger partial charge in [-0.1, -0.05) is 54.4 Å². The maximum Gasteiger partial charge on any atom is 0.228 e. The largest absolute Gasteiger partial charge is 0.339 e. The van der Waals surface area contributed by atoms with Crippen LogP contribution in [0.3, 0.4) is 0 Å². The van der Waals surface area contributed by atoms with E-state index in [1.54, 1.807) is 0 Å². The summed E-state index contributed by atoms with van der Waals surface area (Å²) in [7, 11) is 0. The second-order valence-electron chi connectivity index (χ2n) is 10.7. The third kappa shape index (κ3) is 3.70. The molecule has 0 bridgehead atoms. The zero-order valence-corrected chi connectivity index (χ0v) is 20.1. The van der Waals surface area contributed by atoms with E-state index in [4.69, 9.17) is 11.6 Å². The number of nitrogens with zero attached hydrogens (tertiary/aromatic N) is 2. The van der Waals surface area contributed by atoms with Gasteiger partial charge in [-0.2, -0.15) is 0 Å². The number of carbonyl (C=O) groups excluding carboxylic acids is 1. The summed E-state index contributed by atoms with van der Waals surface area (Å²) in [6.45, 7) is 2.53. The number of hydrogen-bond acceptors (Lipinski definition) is 3. The number of nitrogens with one attached hydrogen (secondary N) is 1. The van der Waals surface area contributed by atoms with Gasteiger partial charge in [0, 0.05) is 36.8 Å². The second kappa shape index (κ2) is 8.70. The minimum Gasteiger partial charge on any atom is -0.339 e. The Morgan fingerprint density at radius 3 is 2.73 bits per heavy atom. The van der Waals surface area contributed by atoms with Crippen LogP contribution < -0.4 is 5.32 Å². The molecule has 1 amide bonds. The number of amides is 1. The molecule has 6 rings (SSSR count). The summed E-state index contributed by atoms with van der Waals surface area (Å²) in [5.41, 5.74) is 3.68. The first-order chi connectivity index (χ1) is 16.2. The monoisotopic (exact) mass is 463 g/mol. The summed E-state index contributed by atoms with van der Waals surface area (Å²) in [5, 5.41) is 4.17. The molecular weight excluding hydrogens is 430 g/mol. The van der Waals surface area contributed by atoms with Crippen LogP contribution in [0.15, 0.2) is 42.5 Å². The molecule has 1 spiro atoms. The maximum atomic E-state index is 14.3. The van der Waals surface area contributed by atoms with Crippen molar-refractivity contribution in [1.82, 2.24) is 15.2 Å². The Balaban J connectivity index is 1.29. The Hall–Kier alpha value is -1.91. The fourth-order valence-electron chi connectivity index (χ4n) is 7.22. The SMILES string of the molecule is O=C([C@@H]1CNC[C@]12CCCc1nc(Cl)ccc12)N1CCC(c2ccccc2)CC1C1CCC1. The molecule has 0 radical (unpaired) electrons. The van der Waals surface area contributed by atoms with Gasteiger partial charge in [0.1, 0.15) is 5.15 Å². The summed E-state index contributed by atoms with van der Waals surface area (Å²) in [6, 6.07) is 15.4. The van der Waals surface area contributed by atoms with Crippen molar-refractivity contribution in [3.8, 4) is 0 Å². The lowest BCUT2D eigenvalue weighted by Crippen LogP contribution is -2.55. The molecule has 3 fully saturated rings. The fraction of sp³-hybridized carbons (Fsp3) is 0.571. The molecular formula is C28H34ClN3O. The standard InChI is InChI=1S/C28H34ClN3O/c29-26-12-11-22-24(31-26)10-5-14-28(22)18-30-17-23(28)27(33)32-15-13-21(19-6-2-1-3-7-19)16-25(32)20-8-4-9-20/h1-3,6-7,11-12,20-21,23,25,30H,4-5,8-10,13-18H2/t21?,23-,25?,28-/m0/s1. The number of carbonyl (C=O) groups is 1. The van der Waals surface area contributed by atoms with Crippen molar-refractivity contribution in [2.45, 2.75) is 68.7 Å². The minimum atomic E-state index is -0.136. The lowest BCUT2D eigenvalue weighted by molar-refractivity contribution is -0.143. The van der Waals surface area contributed by atoms with Gasteiger partial charge >= 0.3 is 0 Å². The number of rotatable bonds is 3. The number of piperidine rings is 1. The van der Waals surface area contributed by atoms with E-state index in [2.05, 4.69) is 51.6 Å². The highest BCUT2D eigenvalue weighted by atomic mass is 35.5. The van der Waals surface area contributed by atoms with Gasteiger partial charge in [-0.25, -0.2) is 4.98 Å². The lowest BCUT2D eigenvalue weighted by atomic mass is 9.64. The molecule has 2 aliphatic carbocycles. The zero-order valence-electron chi connectivity index (χ0n) is 19.3. The molecule has 4 aliphatic rings. The van der Waals surface area contributed by atoms with Crippen LogP contribution in [0.1, 0.15) is 67.7 Å². The molecule has 5 heteroatoms. The number of aryl methyl sites for hydroxylation is 1. The van der Waals surface area contributed by atoms with Gasteiger partial charge in [-0.05, 0) is 74.0 Å². The number of hydrogen-bond donors (Lipinski definition) is 1. The van der Waals surface area contributed by atoms with E-state index in [1.807, 2.05) is 6.07 Å². The first-order valence-electron chi connectivity index (χ1n) is 12.9. The lowest BCUT2D eigenvalue weighted by Gasteiger charge is -2.49. The summed E-state index contributed by atoms with van der Waals surface area (Å²) >= 11 is 6.23. The van der Waals surface area contributed by atoms with Gasteiger partial charge in [0.15, 0.2) is 0 Å². The molecule has 1 aromatic carbocycles. The van der Waals surface area contributed by atoms with Crippen LogP contribution >= 0.6 is 11.6 Å². The van der Waals surface area contributed by atoms with Crippen molar-refractivity contribution in [1.29, 1.82) is 0 Å². The molecule has 2 aliphatic heterocycles. The zero-order chi connectivity index (χ0) is 22.4.